The monoisotopic (exact) mass is 294 g/mol. The summed E-state index contributed by atoms with van der Waals surface area (Å²) in [7, 11) is 0. The van der Waals surface area contributed by atoms with E-state index in [0.29, 0.717) is 5.25 Å². The molecule has 0 spiro atoms. The number of hydrazine groups is 1. The Labute approximate surface area is 124 Å². The standard InChI is InChI=1S/C15H22N2O2S/c16-17-15(14-4-1-2-9-20-14)11-5-6-12-13(10-11)19-8-3-7-18-12/h5-6,10,14-15,17H,1-4,7-9,16H2. The van der Waals surface area contributed by atoms with Gasteiger partial charge < -0.3 is 9.47 Å². The van der Waals surface area contributed by atoms with Gasteiger partial charge in [0.15, 0.2) is 11.5 Å². The Morgan fingerprint density at radius 3 is 2.75 bits per heavy atom. The lowest BCUT2D eigenvalue weighted by Crippen LogP contribution is -2.36. The van der Waals surface area contributed by atoms with E-state index >= 15 is 0 Å². The van der Waals surface area contributed by atoms with Crippen molar-refractivity contribution in [2.24, 2.45) is 5.84 Å². The third-order valence-corrected chi connectivity index (χ3v) is 5.36. The van der Waals surface area contributed by atoms with Crippen LogP contribution in [-0.4, -0.2) is 24.2 Å². The summed E-state index contributed by atoms with van der Waals surface area (Å²) in [4.78, 5) is 0. The molecular weight excluding hydrogens is 272 g/mol. The van der Waals surface area contributed by atoms with E-state index in [0.717, 1.165) is 31.1 Å². The van der Waals surface area contributed by atoms with Crippen LogP contribution in [0, 0.1) is 0 Å². The Morgan fingerprint density at radius 1 is 1.15 bits per heavy atom. The predicted octanol–water partition coefficient (Wildman–Crippen LogP) is 2.64. The number of hydrogen-bond acceptors (Lipinski definition) is 5. The van der Waals surface area contributed by atoms with Gasteiger partial charge in [0.25, 0.3) is 0 Å². The molecule has 0 aromatic heterocycles. The van der Waals surface area contributed by atoms with Crippen molar-refractivity contribution in [1.29, 1.82) is 0 Å². The van der Waals surface area contributed by atoms with Gasteiger partial charge in [-0.3, -0.25) is 11.3 Å². The van der Waals surface area contributed by atoms with Crippen LogP contribution in [0.2, 0.25) is 0 Å². The van der Waals surface area contributed by atoms with Gasteiger partial charge in [0.1, 0.15) is 0 Å². The number of nitrogens with two attached hydrogens (primary N) is 1. The summed E-state index contributed by atoms with van der Waals surface area (Å²) in [6.45, 7) is 1.44. The molecule has 2 aliphatic rings. The summed E-state index contributed by atoms with van der Waals surface area (Å²) in [5.74, 6) is 8.73. The highest BCUT2D eigenvalue weighted by atomic mass is 32.2. The second kappa shape index (κ2) is 6.70. The van der Waals surface area contributed by atoms with Crippen molar-refractivity contribution < 1.29 is 9.47 Å². The Morgan fingerprint density at radius 2 is 2.00 bits per heavy atom. The van der Waals surface area contributed by atoms with Gasteiger partial charge in [-0.2, -0.15) is 11.8 Å². The van der Waals surface area contributed by atoms with E-state index in [1.165, 1.54) is 30.6 Å². The molecule has 1 fully saturated rings. The highest BCUT2D eigenvalue weighted by Gasteiger charge is 2.26. The first-order chi connectivity index (χ1) is 9.88. The fourth-order valence-corrected chi connectivity index (χ4v) is 4.26. The zero-order chi connectivity index (χ0) is 13.8. The van der Waals surface area contributed by atoms with Gasteiger partial charge >= 0.3 is 0 Å². The average molecular weight is 294 g/mol. The minimum atomic E-state index is 0.178. The Kier molecular flexibility index (Phi) is 4.70. The minimum absolute atomic E-state index is 0.178. The second-order valence-corrected chi connectivity index (χ2v) is 6.65. The molecular formula is C15H22N2O2S. The first kappa shape index (κ1) is 14.0. The summed E-state index contributed by atoms with van der Waals surface area (Å²) in [5.41, 5.74) is 4.18. The maximum atomic E-state index is 5.81. The molecule has 0 radical (unpaired) electrons. The maximum Gasteiger partial charge on any atom is 0.161 e. The van der Waals surface area contributed by atoms with Crippen LogP contribution in [0.5, 0.6) is 11.5 Å². The smallest absolute Gasteiger partial charge is 0.161 e. The summed E-state index contributed by atoms with van der Waals surface area (Å²) in [6.07, 6.45) is 4.76. The summed E-state index contributed by atoms with van der Waals surface area (Å²) < 4.78 is 11.5. The largest absolute Gasteiger partial charge is 0.490 e. The molecule has 3 N–H and O–H groups in total. The van der Waals surface area contributed by atoms with Crippen LogP contribution in [0.3, 0.4) is 0 Å². The molecule has 4 nitrogen and oxygen atoms in total. The topological polar surface area (TPSA) is 56.5 Å². The SMILES string of the molecule is NNC(c1ccc2c(c1)OCCCO2)C1CCCCS1. The van der Waals surface area contributed by atoms with Crippen molar-refractivity contribution in [3.63, 3.8) is 0 Å². The molecule has 2 aliphatic heterocycles. The van der Waals surface area contributed by atoms with Gasteiger partial charge in [0.2, 0.25) is 0 Å². The molecule has 3 rings (SSSR count). The van der Waals surface area contributed by atoms with Gasteiger partial charge in [0, 0.05) is 11.7 Å². The first-order valence-electron chi connectivity index (χ1n) is 7.36. The van der Waals surface area contributed by atoms with Crippen LogP contribution in [0.15, 0.2) is 18.2 Å². The molecule has 0 aliphatic carbocycles. The minimum Gasteiger partial charge on any atom is -0.490 e. The molecule has 5 heteroatoms. The fourth-order valence-electron chi connectivity index (χ4n) is 2.82. The average Bonchev–Trinajstić information content (AvgIpc) is 2.74. The van der Waals surface area contributed by atoms with E-state index in [2.05, 4.69) is 17.6 Å². The lowest BCUT2D eigenvalue weighted by atomic mass is 9.99. The van der Waals surface area contributed by atoms with E-state index in [4.69, 9.17) is 15.3 Å². The van der Waals surface area contributed by atoms with E-state index < -0.39 is 0 Å². The van der Waals surface area contributed by atoms with Crippen LogP contribution in [-0.2, 0) is 0 Å². The normalized spacial score (nSPS) is 23.9. The summed E-state index contributed by atoms with van der Waals surface area (Å²) in [5, 5.41) is 0.540. The molecule has 2 heterocycles. The van der Waals surface area contributed by atoms with E-state index in [1.54, 1.807) is 0 Å². The number of fused-ring (bicyclic) bond motifs is 1. The molecule has 1 aromatic rings. The molecule has 0 bridgehead atoms. The number of thioether (sulfide) groups is 1. The van der Waals surface area contributed by atoms with Crippen molar-refractivity contribution in [1.82, 2.24) is 5.43 Å². The predicted molar refractivity (Wildman–Crippen MR) is 82.2 cm³/mol. The molecule has 0 amide bonds. The van der Waals surface area contributed by atoms with Gasteiger partial charge in [-0.05, 0) is 36.3 Å². The van der Waals surface area contributed by atoms with E-state index in [1.807, 2.05) is 17.8 Å². The number of rotatable bonds is 3. The van der Waals surface area contributed by atoms with Crippen LogP contribution in [0.4, 0.5) is 0 Å². The van der Waals surface area contributed by atoms with Crippen LogP contribution in [0.25, 0.3) is 0 Å². The summed E-state index contributed by atoms with van der Waals surface area (Å²) in [6, 6.07) is 6.37. The summed E-state index contributed by atoms with van der Waals surface area (Å²) >= 11 is 2.02. The van der Waals surface area contributed by atoms with Crippen molar-refractivity contribution in [3.05, 3.63) is 23.8 Å². The lowest BCUT2D eigenvalue weighted by Gasteiger charge is -2.29. The van der Waals surface area contributed by atoms with Gasteiger partial charge in [-0.25, -0.2) is 0 Å². The quantitative estimate of drug-likeness (QED) is 0.663. The van der Waals surface area contributed by atoms with Crippen LogP contribution >= 0.6 is 11.8 Å². The van der Waals surface area contributed by atoms with Crippen molar-refractivity contribution in [2.45, 2.75) is 37.0 Å². The number of hydrogen-bond donors (Lipinski definition) is 2. The van der Waals surface area contributed by atoms with Gasteiger partial charge in [-0.15, -0.1) is 0 Å². The van der Waals surface area contributed by atoms with Crippen LogP contribution < -0.4 is 20.7 Å². The van der Waals surface area contributed by atoms with Crippen molar-refractivity contribution >= 4 is 11.8 Å². The second-order valence-electron chi connectivity index (χ2n) is 5.31. The highest BCUT2D eigenvalue weighted by Crippen LogP contribution is 2.38. The molecule has 1 aromatic carbocycles. The highest BCUT2D eigenvalue weighted by molar-refractivity contribution is 8.00. The van der Waals surface area contributed by atoms with Gasteiger partial charge in [0.05, 0.1) is 19.3 Å². The fraction of sp³-hybridized carbons (Fsp3) is 0.600. The number of benzene rings is 1. The Hall–Kier alpha value is -0.910. The molecule has 110 valence electrons. The molecule has 2 unspecified atom stereocenters. The molecule has 20 heavy (non-hydrogen) atoms. The third kappa shape index (κ3) is 3.05. The maximum absolute atomic E-state index is 5.81. The van der Waals surface area contributed by atoms with Crippen molar-refractivity contribution in [3.8, 4) is 11.5 Å². The number of ether oxygens (including phenoxy) is 2. The van der Waals surface area contributed by atoms with Crippen LogP contribution in [0.1, 0.15) is 37.3 Å². The zero-order valence-corrected chi connectivity index (χ0v) is 12.5. The zero-order valence-electron chi connectivity index (χ0n) is 11.6. The van der Waals surface area contributed by atoms with Crippen molar-refractivity contribution in [2.75, 3.05) is 19.0 Å². The lowest BCUT2D eigenvalue weighted by molar-refractivity contribution is 0.297. The molecule has 1 saturated heterocycles. The molecule has 0 saturated carbocycles. The first-order valence-corrected chi connectivity index (χ1v) is 8.40. The van der Waals surface area contributed by atoms with E-state index in [9.17, 15) is 0 Å². The molecule has 2 atom stereocenters. The Bertz CT molecular complexity index is 449. The van der Waals surface area contributed by atoms with Gasteiger partial charge in [-0.1, -0.05) is 12.5 Å². The number of nitrogens with one attached hydrogen (secondary N) is 1. The Balaban J connectivity index is 1.82. The third-order valence-electron chi connectivity index (χ3n) is 3.90. The van der Waals surface area contributed by atoms with E-state index in [-0.39, 0.29) is 6.04 Å².